The van der Waals surface area contributed by atoms with Crippen LogP contribution in [0.15, 0.2) is 0 Å². The summed E-state index contributed by atoms with van der Waals surface area (Å²) in [6.45, 7) is 2.75. The van der Waals surface area contributed by atoms with E-state index in [9.17, 15) is 0 Å². The molecule has 0 spiro atoms. The quantitative estimate of drug-likeness (QED) is 0.347. The van der Waals surface area contributed by atoms with Crippen molar-refractivity contribution in [3.8, 4) is 0 Å². The molecule has 0 bridgehead atoms. The van der Waals surface area contributed by atoms with Crippen LogP contribution in [0.3, 0.4) is 0 Å². The maximum absolute atomic E-state index is 5.07. The summed E-state index contributed by atoms with van der Waals surface area (Å²) in [7, 11) is 0. The van der Waals surface area contributed by atoms with E-state index in [-0.39, 0.29) is 5.11 Å². The van der Waals surface area contributed by atoms with Crippen molar-refractivity contribution in [2.24, 2.45) is 5.73 Å². The van der Waals surface area contributed by atoms with Crippen molar-refractivity contribution >= 4 is 17.3 Å². The second-order valence-electron chi connectivity index (χ2n) is 1.67. The van der Waals surface area contributed by atoms with Gasteiger partial charge in [-0.2, -0.15) is 0 Å². The molecule has 3 N–H and O–H groups in total. The highest BCUT2D eigenvalue weighted by atomic mass is 32.1. The number of rotatable bonds is 4. The Morgan fingerprint density at radius 3 is 2.89 bits per heavy atom. The van der Waals surface area contributed by atoms with E-state index in [1.807, 2.05) is 0 Å². The van der Waals surface area contributed by atoms with Crippen molar-refractivity contribution in [1.29, 1.82) is 0 Å². The third kappa shape index (κ3) is 7.65. The van der Waals surface area contributed by atoms with Crippen LogP contribution >= 0.6 is 12.2 Å². The predicted octanol–water partition coefficient (Wildman–Crippen LogP) is 0.551. The van der Waals surface area contributed by atoms with E-state index in [1.165, 1.54) is 0 Å². The van der Waals surface area contributed by atoms with Crippen LogP contribution in [0, 0.1) is 0 Å². The van der Waals surface area contributed by atoms with Crippen LogP contribution < -0.4 is 11.2 Å². The van der Waals surface area contributed by atoms with Gasteiger partial charge in [0.2, 0.25) is 0 Å². The molecule has 0 aliphatic carbocycles. The molecule has 0 aromatic carbocycles. The first-order valence-electron chi connectivity index (χ1n) is 2.94. The maximum Gasteiger partial charge on any atom is 0.187 e. The number of nitrogens with two attached hydrogens (primary N) is 1. The van der Waals surface area contributed by atoms with Gasteiger partial charge in [0, 0.05) is 0 Å². The summed E-state index contributed by atoms with van der Waals surface area (Å²) < 4.78 is 0. The van der Waals surface area contributed by atoms with Gasteiger partial charge < -0.3 is 5.73 Å². The first kappa shape index (κ1) is 8.65. The average Bonchev–Trinajstić information content (AvgIpc) is 1.80. The topological polar surface area (TPSA) is 47.3 Å². The molecule has 54 valence electrons. The van der Waals surface area contributed by atoms with Gasteiger partial charge in [0.25, 0.3) is 0 Å². The van der Waals surface area contributed by atoms with Gasteiger partial charge in [-0.15, -0.1) is 0 Å². The van der Waals surface area contributed by atoms with E-state index in [1.54, 1.807) is 0 Å². The highest BCUT2D eigenvalue weighted by molar-refractivity contribution is 7.80. The van der Waals surface area contributed by atoms with Crippen LogP contribution in [0.5, 0.6) is 0 Å². The van der Waals surface area contributed by atoms with Gasteiger partial charge in [0.05, 0.1) is 6.61 Å². The van der Waals surface area contributed by atoms with Gasteiger partial charge >= 0.3 is 0 Å². The number of unbranched alkanes of at least 4 members (excludes halogenated alkanes) is 1. The monoisotopic (exact) mass is 148 g/mol. The van der Waals surface area contributed by atoms with Crippen molar-refractivity contribution in [2.75, 3.05) is 6.61 Å². The van der Waals surface area contributed by atoms with Crippen LogP contribution in [-0.2, 0) is 4.84 Å². The molecular weight excluding hydrogens is 136 g/mol. The molecule has 0 aromatic rings. The molecule has 0 aliphatic heterocycles. The van der Waals surface area contributed by atoms with Crippen LogP contribution in [0.2, 0.25) is 0 Å². The molecule has 0 aromatic heterocycles. The molecule has 9 heavy (non-hydrogen) atoms. The molecule has 0 saturated carbocycles. The summed E-state index contributed by atoms with van der Waals surface area (Å²) >= 11 is 4.49. The lowest BCUT2D eigenvalue weighted by Crippen LogP contribution is -2.29. The van der Waals surface area contributed by atoms with Gasteiger partial charge in [0.15, 0.2) is 5.11 Å². The van der Waals surface area contributed by atoms with E-state index in [4.69, 9.17) is 10.6 Å². The fourth-order valence-electron chi connectivity index (χ4n) is 0.339. The Hall–Kier alpha value is -0.350. The molecule has 0 saturated heterocycles. The lowest BCUT2D eigenvalue weighted by Gasteiger charge is -2.01. The minimum atomic E-state index is 0.186. The molecule has 0 heterocycles. The number of thiocarbonyl (C=S) groups is 1. The normalized spacial score (nSPS) is 9.00. The summed E-state index contributed by atoms with van der Waals surface area (Å²) in [5.41, 5.74) is 7.46. The van der Waals surface area contributed by atoms with Crippen molar-refractivity contribution in [1.82, 2.24) is 5.48 Å². The Kier molecular flexibility index (Phi) is 5.56. The van der Waals surface area contributed by atoms with Crippen molar-refractivity contribution in [3.63, 3.8) is 0 Å². The first-order valence-corrected chi connectivity index (χ1v) is 3.35. The smallest absolute Gasteiger partial charge is 0.187 e. The van der Waals surface area contributed by atoms with Gasteiger partial charge in [-0.25, -0.2) is 5.48 Å². The van der Waals surface area contributed by atoms with Gasteiger partial charge in [-0.1, -0.05) is 13.3 Å². The third-order valence-electron chi connectivity index (χ3n) is 0.773. The zero-order chi connectivity index (χ0) is 7.11. The average molecular weight is 148 g/mol. The Balaban J connectivity index is 2.83. The van der Waals surface area contributed by atoms with Crippen LogP contribution in [0.1, 0.15) is 19.8 Å². The molecule has 0 rings (SSSR count). The summed E-state index contributed by atoms with van der Waals surface area (Å²) in [5.74, 6) is 0. The summed E-state index contributed by atoms with van der Waals surface area (Å²) in [5, 5.41) is 0.186. The molecule has 0 radical (unpaired) electrons. The largest absolute Gasteiger partial charge is 0.375 e. The predicted molar refractivity (Wildman–Crippen MR) is 40.8 cm³/mol. The molecule has 3 nitrogen and oxygen atoms in total. The number of hydrogen-bond acceptors (Lipinski definition) is 2. The number of nitrogens with one attached hydrogen (secondary N) is 1. The Morgan fingerprint density at radius 1 is 1.78 bits per heavy atom. The minimum Gasteiger partial charge on any atom is -0.375 e. The summed E-state index contributed by atoms with van der Waals surface area (Å²) in [4.78, 5) is 4.82. The molecule has 0 aliphatic rings. The van der Waals surface area contributed by atoms with E-state index in [0.29, 0.717) is 6.61 Å². The van der Waals surface area contributed by atoms with E-state index < -0.39 is 0 Å². The Morgan fingerprint density at radius 2 is 2.44 bits per heavy atom. The van der Waals surface area contributed by atoms with Crippen LogP contribution in [0.25, 0.3) is 0 Å². The van der Waals surface area contributed by atoms with E-state index in [0.717, 1.165) is 12.8 Å². The maximum atomic E-state index is 5.07. The van der Waals surface area contributed by atoms with Crippen molar-refractivity contribution < 1.29 is 4.84 Å². The number of hydrogen-bond donors (Lipinski definition) is 2. The number of hydroxylamine groups is 1. The van der Waals surface area contributed by atoms with Crippen molar-refractivity contribution in [2.45, 2.75) is 19.8 Å². The lowest BCUT2D eigenvalue weighted by molar-refractivity contribution is 0.0835. The van der Waals surface area contributed by atoms with E-state index in [2.05, 4.69) is 24.6 Å². The first-order chi connectivity index (χ1) is 4.27. The SMILES string of the molecule is CCCCONC(N)=S. The summed E-state index contributed by atoms with van der Waals surface area (Å²) in [6.07, 6.45) is 2.13. The van der Waals surface area contributed by atoms with Crippen LogP contribution in [0.4, 0.5) is 0 Å². The third-order valence-corrected chi connectivity index (χ3v) is 0.856. The Labute approximate surface area is 60.5 Å². The second kappa shape index (κ2) is 5.78. The molecule has 4 heteroatoms. The molecular formula is C5H12N2OS. The fourth-order valence-corrected chi connectivity index (χ4v) is 0.398. The molecule has 0 amide bonds. The lowest BCUT2D eigenvalue weighted by atomic mass is 10.4. The summed E-state index contributed by atoms with van der Waals surface area (Å²) in [6, 6.07) is 0. The fraction of sp³-hybridized carbons (Fsp3) is 0.800. The van der Waals surface area contributed by atoms with Gasteiger partial charge in [0.1, 0.15) is 0 Å². The van der Waals surface area contributed by atoms with Gasteiger partial charge in [-0.05, 0) is 18.6 Å². The molecule has 0 atom stereocenters. The molecule has 0 fully saturated rings. The van der Waals surface area contributed by atoms with Crippen molar-refractivity contribution in [3.05, 3.63) is 0 Å². The van der Waals surface area contributed by atoms with Crippen LogP contribution in [-0.4, -0.2) is 11.7 Å². The highest BCUT2D eigenvalue weighted by Crippen LogP contribution is 1.84. The second-order valence-corrected chi connectivity index (χ2v) is 2.11. The zero-order valence-electron chi connectivity index (χ0n) is 5.52. The molecule has 0 unspecified atom stereocenters. The Bertz CT molecular complexity index is 87.0. The zero-order valence-corrected chi connectivity index (χ0v) is 6.33. The highest BCUT2D eigenvalue weighted by Gasteiger charge is 1.85. The minimum absolute atomic E-state index is 0.186. The van der Waals surface area contributed by atoms with Gasteiger partial charge in [-0.3, -0.25) is 4.84 Å². The van der Waals surface area contributed by atoms with E-state index >= 15 is 0 Å². The standard InChI is InChI=1S/C5H12N2OS/c1-2-3-4-8-7-5(6)9/h2-4H2,1H3,(H3,6,7,9).